The normalized spacial score (nSPS) is 9.79. The Balaban J connectivity index is 0.00000169. The molecule has 1 aromatic rings. The summed E-state index contributed by atoms with van der Waals surface area (Å²) < 4.78 is 28.7. The van der Waals surface area contributed by atoms with E-state index in [-0.39, 0.29) is 24.7 Å². The van der Waals surface area contributed by atoms with E-state index < -0.39 is 6.61 Å². The molecule has 0 aliphatic carbocycles. The van der Waals surface area contributed by atoms with Crippen LogP contribution in [0.3, 0.4) is 0 Å². The third-order valence-corrected chi connectivity index (χ3v) is 1.96. The third-order valence-electron chi connectivity index (χ3n) is 1.47. The van der Waals surface area contributed by atoms with Gasteiger partial charge >= 0.3 is 6.61 Å². The summed E-state index contributed by atoms with van der Waals surface area (Å²) in [4.78, 5) is 0. The van der Waals surface area contributed by atoms with Crippen LogP contribution < -0.4 is 10.5 Å². The van der Waals surface area contributed by atoms with E-state index in [4.69, 9.17) is 5.73 Å². The quantitative estimate of drug-likeness (QED) is 0.928. The van der Waals surface area contributed by atoms with Crippen LogP contribution in [0.15, 0.2) is 22.7 Å². The minimum absolute atomic E-state index is 0. The standard InChI is InChI=1S/C8H8BrF2NO.ClH/c9-6-2-1-5(4-12)7(3-6)13-8(10)11;/h1-3,8H,4,12H2;1H. The van der Waals surface area contributed by atoms with Crippen molar-refractivity contribution in [3.63, 3.8) is 0 Å². The van der Waals surface area contributed by atoms with E-state index in [1.807, 2.05) is 0 Å². The maximum atomic E-state index is 11.9. The fourth-order valence-electron chi connectivity index (χ4n) is 0.903. The molecule has 0 fully saturated rings. The third kappa shape index (κ3) is 3.77. The maximum absolute atomic E-state index is 11.9. The largest absolute Gasteiger partial charge is 0.434 e. The van der Waals surface area contributed by atoms with E-state index in [0.717, 1.165) is 0 Å². The maximum Gasteiger partial charge on any atom is 0.387 e. The first-order valence-electron chi connectivity index (χ1n) is 3.57. The van der Waals surface area contributed by atoms with Crippen molar-refractivity contribution >= 4 is 28.3 Å². The summed E-state index contributed by atoms with van der Waals surface area (Å²) in [7, 11) is 0. The minimum atomic E-state index is -2.82. The molecule has 0 saturated carbocycles. The Hall–Kier alpha value is -0.390. The molecule has 0 saturated heterocycles. The molecule has 0 heterocycles. The summed E-state index contributed by atoms with van der Waals surface area (Å²) >= 11 is 3.15. The second kappa shape index (κ2) is 6.16. The number of benzene rings is 1. The van der Waals surface area contributed by atoms with Crippen LogP contribution in [-0.2, 0) is 6.54 Å². The van der Waals surface area contributed by atoms with Gasteiger partial charge in [0.1, 0.15) is 5.75 Å². The highest BCUT2D eigenvalue weighted by atomic mass is 79.9. The molecule has 0 radical (unpaired) electrons. The lowest BCUT2D eigenvalue weighted by Crippen LogP contribution is -2.06. The van der Waals surface area contributed by atoms with Crippen molar-refractivity contribution in [1.82, 2.24) is 0 Å². The van der Waals surface area contributed by atoms with E-state index in [9.17, 15) is 8.78 Å². The summed E-state index contributed by atoms with van der Waals surface area (Å²) in [6.45, 7) is -2.64. The number of nitrogens with two attached hydrogens (primary N) is 1. The first-order chi connectivity index (χ1) is 6.13. The molecule has 0 spiro atoms. The first-order valence-corrected chi connectivity index (χ1v) is 4.36. The lowest BCUT2D eigenvalue weighted by Gasteiger charge is -2.09. The van der Waals surface area contributed by atoms with Gasteiger partial charge in [-0.15, -0.1) is 12.4 Å². The molecule has 80 valence electrons. The minimum Gasteiger partial charge on any atom is -0.434 e. The highest BCUT2D eigenvalue weighted by molar-refractivity contribution is 9.10. The second-order valence-corrected chi connectivity index (χ2v) is 3.25. The fraction of sp³-hybridized carbons (Fsp3) is 0.250. The van der Waals surface area contributed by atoms with Gasteiger partial charge in [-0.25, -0.2) is 0 Å². The predicted octanol–water partition coefficient (Wildman–Crippen LogP) is 2.93. The Labute approximate surface area is 95.0 Å². The van der Waals surface area contributed by atoms with Crippen molar-refractivity contribution in [1.29, 1.82) is 0 Å². The number of rotatable bonds is 3. The molecule has 0 aliphatic heterocycles. The van der Waals surface area contributed by atoms with E-state index in [1.165, 1.54) is 6.07 Å². The molecule has 2 N–H and O–H groups in total. The number of halogens is 4. The average Bonchev–Trinajstić information content (AvgIpc) is 2.03. The second-order valence-electron chi connectivity index (χ2n) is 2.33. The van der Waals surface area contributed by atoms with Gasteiger partial charge in [0, 0.05) is 16.6 Å². The lowest BCUT2D eigenvalue weighted by atomic mass is 10.2. The van der Waals surface area contributed by atoms with Crippen LogP contribution in [0, 0.1) is 0 Å². The van der Waals surface area contributed by atoms with Crippen LogP contribution in [0.4, 0.5) is 8.78 Å². The fourth-order valence-corrected chi connectivity index (χ4v) is 1.24. The van der Waals surface area contributed by atoms with Crippen LogP contribution in [0.1, 0.15) is 5.56 Å². The average molecular weight is 289 g/mol. The molecule has 2 nitrogen and oxygen atoms in total. The van der Waals surface area contributed by atoms with Crippen molar-refractivity contribution < 1.29 is 13.5 Å². The van der Waals surface area contributed by atoms with Crippen molar-refractivity contribution in [2.75, 3.05) is 0 Å². The molecule has 0 aromatic heterocycles. The zero-order valence-corrected chi connectivity index (χ0v) is 9.45. The number of alkyl halides is 2. The van der Waals surface area contributed by atoms with Gasteiger partial charge in [-0.05, 0) is 12.1 Å². The Kier molecular flexibility index (Phi) is 5.99. The van der Waals surface area contributed by atoms with Crippen molar-refractivity contribution in [2.24, 2.45) is 5.73 Å². The Morgan fingerprint density at radius 2 is 2.07 bits per heavy atom. The smallest absolute Gasteiger partial charge is 0.387 e. The van der Waals surface area contributed by atoms with Gasteiger partial charge in [0.05, 0.1) is 0 Å². The molecular weight excluding hydrogens is 279 g/mol. The van der Waals surface area contributed by atoms with Gasteiger partial charge in [0.2, 0.25) is 0 Å². The molecule has 0 bridgehead atoms. The summed E-state index contributed by atoms with van der Waals surface area (Å²) in [6.07, 6.45) is 0. The van der Waals surface area contributed by atoms with Crippen LogP contribution >= 0.6 is 28.3 Å². The predicted molar refractivity (Wildman–Crippen MR) is 55.9 cm³/mol. The Morgan fingerprint density at radius 3 is 2.57 bits per heavy atom. The zero-order chi connectivity index (χ0) is 9.84. The monoisotopic (exact) mass is 287 g/mol. The molecule has 1 aromatic carbocycles. The molecule has 0 aliphatic rings. The highest BCUT2D eigenvalue weighted by Crippen LogP contribution is 2.24. The summed E-state index contributed by atoms with van der Waals surface area (Å²) in [6, 6.07) is 4.83. The highest BCUT2D eigenvalue weighted by Gasteiger charge is 2.08. The topological polar surface area (TPSA) is 35.2 Å². The summed E-state index contributed by atoms with van der Waals surface area (Å²) in [5.41, 5.74) is 5.90. The van der Waals surface area contributed by atoms with Crippen molar-refractivity contribution in [2.45, 2.75) is 13.2 Å². The van der Waals surface area contributed by atoms with Crippen molar-refractivity contribution in [3.8, 4) is 5.75 Å². The van der Waals surface area contributed by atoms with Gasteiger partial charge < -0.3 is 10.5 Å². The molecular formula is C8H9BrClF2NO. The van der Waals surface area contributed by atoms with E-state index in [1.54, 1.807) is 12.1 Å². The molecule has 14 heavy (non-hydrogen) atoms. The zero-order valence-electron chi connectivity index (χ0n) is 7.04. The van der Waals surface area contributed by atoms with E-state index in [2.05, 4.69) is 20.7 Å². The van der Waals surface area contributed by atoms with Gasteiger partial charge in [-0.1, -0.05) is 22.0 Å². The van der Waals surface area contributed by atoms with Gasteiger partial charge in [0.15, 0.2) is 0 Å². The number of ether oxygens (including phenoxy) is 1. The first kappa shape index (κ1) is 13.6. The Morgan fingerprint density at radius 1 is 1.43 bits per heavy atom. The van der Waals surface area contributed by atoms with Crippen LogP contribution in [0.25, 0.3) is 0 Å². The Bertz CT molecular complexity index is 299. The SMILES string of the molecule is Cl.NCc1ccc(Br)cc1OC(F)F. The van der Waals surface area contributed by atoms with Gasteiger partial charge in [-0.3, -0.25) is 0 Å². The number of hydrogen-bond donors (Lipinski definition) is 1. The van der Waals surface area contributed by atoms with Gasteiger partial charge in [-0.2, -0.15) is 8.78 Å². The summed E-state index contributed by atoms with van der Waals surface area (Å²) in [5.74, 6) is 0.117. The molecule has 0 atom stereocenters. The molecule has 0 unspecified atom stereocenters. The molecule has 1 rings (SSSR count). The molecule has 0 amide bonds. The van der Waals surface area contributed by atoms with Crippen LogP contribution in [0.2, 0.25) is 0 Å². The molecule has 6 heteroatoms. The van der Waals surface area contributed by atoms with E-state index in [0.29, 0.717) is 10.0 Å². The van der Waals surface area contributed by atoms with Crippen LogP contribution in [-0.4, -0.2) is 6.61 Å². The summed E-state index contributed by atoms with van der Waals surface area (Å²) in [5, 5.41) is 0. The number of hydrogen-bond acceptors (Lipinski definition) is 2. The van der Waals surface area contributed by atoms with Gasteiger partial charge in [0.25, 0.3) is 0 Å². The van der Waals surface area contributed by atoms with Crippen molar-refractivity contribution in [3.05, 3.63) is 28.2 Å². The van der Waals surface area contributed by atoms with E-state index >= 15 is 0 Å². The van der Waals surface area contributed by atoms with Crippen LogP contribution in [0.5, 0.6) is 5.75 Å². The lowest BCUT2D eigenvalue weighted by molar-refractivity contribution is -0.0504.